The molecule has 1 aliphatic heterocycles. The fourth-order valence-electron chi connectivity index (χ4n) is 3.39. The van der Waals surface area contributed by atoms with Crippen LogP contribution in [-0.4, -0.2) is 38.1 Å². The lowest BCUT2D eigenvalue weighted by Gasteiger charge is -2.27. The molecule has 2 amide bonds. The highest BCUT2D eigenvalue weighted by atomic mass is 16.2. The van der Waals surface area contributed by atoms with E-state index in [-0.39, 0.29) is 24.7 Å². The molecule has 0 aliphatic carbocycles. The smallest absolute Gasteiger partial charge is 0.228 e. The number of fused-ring (bicyclic) bond motifs is 1. The third-order valence-electron chi connectivity index (χ3n) is 4.77. The average Bonchev–Trinajstić information content (AvgIpc) is 3.13. The van der Waals surface area contributed by atoms with Crippen LogP contribution in [0.4, 0.5) is 11.5 Å². The summed E-state index contributed by atoms with van der Waals surface area (Å²) in [5, 5.41) is 7.23. The van der Waals surface area contributed by atoms with Crippen LogP contribution in [0.15, 0.2) is 48.8 Å². The second-order valence-corrected chi connectivity index (χ2v) is 6.96. The van der Waals surface area contributed by atoms with E-state index in [9.17, 15) is 9.59 Å². The summed E-state index contributed by atoms with van der Waals surface area (Å²) < 4.78 is 1.86. The van der Waals surface area contributed by atoms with Crippen molar-refractivity contribution in [3.63, 3.8) is 0 Å². The molecule has 29 heavy (non-hydrogen) atoms. The summed E-state index contributed by atoms with van der Waals surface area (Å²) in [5.41, 5.74) is 2.44. The second kappa shape index (κ2) is 8.22. The van der Waals surface area contributed by atoms with Gasteiger partial charge in [0.15, 0.2) is 5.82 Å². The van der Waals surface area contributed by atoms with E-state index in [1.807, 2.05) is 29.8 Å². The molecule has 8 heteroatoms. The maximum atomic E-state index is 12.6. The van der Waals surface area contributed by atoms with Gasteiger partial charge in [-0.2, -0.15) is 5.10 Å². The van der Waals surface area contributed by atoms with Gasteiger partial charge in [-0.1, -0.05) is 0 Å². The Balaban J connectivity index is 1.32. The number of aromatic nitrogens is 4. The number of anilines is 2. The summed E-state index contributed by atoms with van der Waals surface area (Å²) in [4.78, 5) is 35.0. The quantitative estimate of drug-likeness (QED) is 0.723. The Labute approximate surface area is 168 Å². The van der Waals surface area contributed by atoms with Gasteiger partial charge in [-0.25, -0.2) is 14.6 Å². The van der Waals surface area contributed by atoms with E-state index < -0.39 is 0 Å². The molecule has 3 aromatic rings. The molecular formula is C21H22N6O2. The van der Waals surface area contributed by atoms with E-state index in [2.05, 4.69) is 20.4 Å². The molecule has 1 aliphatic rings. The van der Waals surface area contributed by atoms with Crippen molar-refractivity contribution in [3.8, 4) is 11.4 Å². The van der Waals surface area contributed by atoms with Gasteiger partial charge in [0.2, 0.25) is 11.8 Å². The summed E-state index contributed by atoms with van der Waals surface area (Å²) in [7, 11) is 0. The minimum absolute atomic E-state index is 0.0578. The fraction of sp³-hybridized carbons (Fsp3) is 0.286. The zero-order chi connectivity index (χ0) is 20.2. The maximum Gasteiger partial charge on any atom is 0.228 e. The molecule has 8 nitrogen and oxygen atoms in total. The van der Waals surface area contributed by atoms with Gasteiger partial charge >= 0.3 is 0 Å². The van der Waals surface area contributed by atoms with Gasteiger partial charge in [0.25, 0.3) is 0 Å². The predicted octanol–water partition coefficient (Wildman–Crippen LogP) is 2.80. The molecule has 0 spiro atoms. The van der Waals surface area contributed by atoms with Crippen molar-refractivity contribution < 1.29 is 9.59 Å². The number of benzene rings is 1. The van der Waals surface area contributed by atoms with Crippen LogP contribution in [0.25, 0.3) is 11.4 Å². The molecule has 148 valence electrons. The molecular weight excluding hydrogens is 368 g/mol. The Morgan fingerprint density at radius 3 is 2.59 bits per heavy atom. The number of rotatable bonds is 5. The number of hydrogen-bond donors (Lipinski definition) is 1. The monoisotopic (exact) mass is 390 g/mol. The normalized spacial score (nSPS) is 13.1. The molecule has 0 atom stereocenters. The largest absolute Gasteiger partial charge is 0.326 e. The Bertz CT molecular complexity index is 1010. The van der Waals surface area contributed by atoms with Gasteiger partial charge in [-0.15, -0.1) is 0 Å². The van der Waals surface area contributed by atoms with Crippen LogP contribution in [-0.2, 0) is 16.1 Å². The van der Waals surface area contributed by atoms with E-state index in [0.717, 1.165) is 30.0 Å². The van der Waals surface area contributed by atoms with Crippen molar-refractivity contribution >= 4 is 23.3 Å². The minimum Gasteiger partial charge on any atom is -0.326 e. The highest BCUT2D eigenvalue weighted by molar-refractivity contribution is 5.97. The van der Waals surface area contributed by atoms with Crippen LogP contribution in [0.1, 0.15) is 25.0 Å². The SMILES string of the molecule is Cc1cc2n(n1)CCCN2C(=O)CCC(=O)Nc1ccc(-c2ncccn2)cc1. The number of nitrogens with one attached hydrogen (secondary N) is 1. The summed E-state index contributed by atoms with van der Waals surface area (Å²) in [6.07, 6.45) is 4.53. The second-order valence-electron chi connectivity index (χ2n) is 6.96. The Hall–Kier alpha value is -3.55. The van der Waals surface area contributed by atoms with Crippen molar-refractivity contribution in [2.45, 2.75) is 32.7 Å². The van der Waals surface area contributed by atoms with Crippen LogP contribution in [0.3, 0.4) is 0 Å². The van der Waals surface area contributed by atoms with E-state index >= 15 is 0 Å². The van der Waals surface area contributed by atoms with Gasteiger partial charge in [-0.05, 0) is 43.7 Å². The van der Waals surface area contributed by atoms with Gasteiger partial charge in [0, 0.05) is 55.6 Å². The molecule has 4 rings (SSSR count). The lowest BCUT2D eigenvalue weighted by molar-refractivity contribution is -0.122. The lowest BCUT2D eigenvalue weighted by atomic mass is 10.2. The molecule has 0 bridgehead atoms. The van der Waals surface area contributed by atoms with Gasteiger partial charge < -0.3 is 5.32 Å². The van der Waals surface area contributed by atoms with Gasteiger partial charge in [-0.3, -0.25) is 14.5 Å². The highest BCUT2D eigenvalue weighted by Gasteiger charge is 2.24. The van der Waals surface area contributed by atoms with Crippen molar-refractivity contribution in [2.75, 3.05) is 16.8 Å². The van der Waals surface area contributed by atoms with E-state index in [4.69, 9.17) is 0 Å². The summed E-state index contributed by atoms with van der Waals surface area (Å²) in [5.74, 6) is 1.20. The molecule has 0 saturated carbocycles. The number of carbonyl (C=O) groups excluding carboxylic acids is 2. The fourth-order valence-corrected chi connectivity index (χ4v) is 3.39. The first-order valence-corrected chi connectivity index (χ1v) is 9.62. The first kappa shape index (κ1) is 18.8. The van der Waals surface area contributed by atoms with Crippen molar-refractivity contribution in [3.05, 3.63) is 54.5 Å². The number of aryl methyl sites for hydroxylation is 2. The first-order chi connectivity index (χ1) is 14.1. The number of carbonyl (C=O) groups is 2. The van der Waals surface area contributed by atoms with Crippen LogP contribution >= 0.6 is 0 Å². The molecule has 3 heterocycles. The summed E-state index contributed by atoms with van der Waals surface area (Å²) in [6, 6.07) is 11.0. The van der Waals surface area contributed by atoms with Crippen LogP contribution in [0, 0.1) is 6.92 Å². The molecule has 2 aromatic heterocycles. The molecule has 0 fully saturated rings. The van der Waals surface area contributed by atoms with Crippen LogP contribution in [0.2, 0.25) is 0 Å². The van der Waals surface area contributed by atoms with E-state index in [1.54, 1.807) is 35.5 Å². The van der Waals surface area contributed by atoms with Crippen LogP contribution in [0.5, 0.6) is 0 Å². The molecule has 1 N–H and O–H groups in total. The number of nitrogens with zero attached hydrogens (tertiary/aromatic N) is 5. The third-order valence-corrected chi connectivity index (χ3v) is 4.77. The van der Waals surface area contributed by atoms with Crippen LogP contribution < -0.4 is 10.2 Å². The zero-order valence-corrected chi connectivity index (χ0v) is 16.2. The predicted molar refractivity (Wildman–Crippen MR) is 109 cm³/mol. The van der Waals surface area contributed by atoms with Crippen molar-refractivity contribution in [2.24, 2.45) is 0 Å². The number of hydrogen-bond acceptors (Lipinski definition) is 5. The molecule has 0 unspecified atom stereocenters. The van der Waals surface area contributed by atoms with E-state index in [0.29, 0.717) is 18.1 Å². The standard InChI is InChI=1S/C21H22N6O2/c1-15-14-19-26(12-3-13-27(19)25-15)20(29)9-8-18(28)24-17-6-4-16(5-7-17)21-22-10-2-11-23-21/h2,4-7,10-11,14H,3,8-9,12-13H2,1H3,(H,24,28). The van der Waals surface area contributed by atoms with E-state index in [1.165, 1.54) is 0 Å². The minimum atomic E-state index is -0.191. The maximum absolute atomic E-state index is 12.6. The number of amides is 2. The van der Waals surface area contributed by atoms with Crippen molar-refractivity contribution in [1.82, 2.24) is 19.7 Å². The average molecular weight is 390 g/mol. The Kier molecular flexibility index (Phi) is 5.33. The summed E-state index contributed by atoms with van der Waals surface area (Å²) in [6.45, 7) is 3.39. The van der Waals surface area contributed by atoms with Gasteiger partial charge in [0.1, 0.15) is 5.82 Å². The first-order valence-electron chi connectivity index (χ1n) is 9.62. The summed E-state index contributed by atoms with van der Waals surface area (Å²) >= 11 is 0. The Morgan fingerprint density at radius 2 is 1.83 bits per heavy atom. The van der Waals surface area contributed by atoms with Crippen molar-refractivity contribution in [1.29, 1.82) is 0 Å². The third kappa shape index (κ3) is 4.31. The Morgan fingerprint density at radius 1 is 1.07 bits per heavy atom. The molecule has 1 aromatic carbocycles. The molecule has 0 radical (unpaired) electrons. The lowest BCUT2D eigenvalue weighted by Crippen LogP contribution is -2.37. The van der Waals surface area contributed by atoms with Gasteiger partial charge in [0.05, 0.1) is 5.69 Å². The molecule has 0 saturated heterocycles. The highest BCUT2D eigenvalue weighted by Crippen LogP contribution is 2.23. The zero-order valence-electron chi connectivity index (χ0n) is 16.2. The topological polar surface area (TPSA) is 93.0 Å².